The van der Waals surface area contributed by atoms with Gasteiger partial charge in [0.15, 0.2) is 0 Å². The summed E-state index contributed by atoms with van der Waals surface area (Å²) >= 11 is 0. The summed E-state index contributed by atoms with van der Waals surface area (Å²) in [5, 5.41) is 18.6. The number of carboxylic acids is 1. The van der Waals surface area contributed by atoms with Crippen molar-refractivity contribution < 1.29 is 24.5 Å². The summed E-state index contributed by atoms with van der Waals surface area (Å²) in [7, 11) is 0. The number of aliphatic hydroxyl groups is 1. The number of likely N-dealkylation sites (tertiary alicyclic amines) is 1. The maximum atomic E-state index is 11.5. The number of piperidine rings is 1. The van der Waals surface area contributed by atoms with Crippen LogP contribution in [-0.2, 0) is 9.53 Å². The molecular weight excluding hydrogens is 226 g/mol. The fourth-order valence-corrected chi connectivity index (χ4v) is 1.78. The first-order valence-corrected chi connectivity index (χ1v) is 5.39. The largest absolute Gasteiger partial charge is 0.481 e. The smallest absolute Gasteiger partial charge is 0.414 e. The standard InChI is InChI=1S/C11H17NO5/c1-8(2)17-10(15)12-5-3-11(16,4-6-12)7-9(13)14/h16H,1,3-7H2,2H3,(H,13,14). The van der Waals surface area contributed by atoms with Crippen LogP contribution in [0, 0.1) is 0 Å². The first-order chi connectivity index (χ1) is 7.82. The van der Waals surface area contributed by atoms with Gasteiger partial charge in [-0.1, -0.05) is 6.58 Å². The molecule has 1 saturated heterocycles. The summed E-state index contributed by atoms with van der Waals surface area (Å²) in [4.78, 5) is 23.5. The van der Waals surface area contributed by atoms with E-state index in [1.807, 2.05) is 0 Å². The number of aliphatic carboxylic acids is 1. The van der Waals surface area contributed by atoms with Crippen molar-refractivity contribution in [3.63, 3.8) is 0 Å². The van der Waals surface area contributed by atoms with Gasteiger partial charge in [-0.3, -0.25) is 4.79 Å². The van der Waals surface area contributed by atoms with E-state index in [0.29, 0.717) is 5.76 Å². The molecule has 17 heavy (non-hydrogen) atoms. The van der Waals surface area contributed by atoms with Crippen molar-refractivity contribution in [2.24, 2.45) is 0 Å². The number of allylic oxidation sites excluding steroid dienone is 1. The lowest BCUT2D eigenvalue weighted by Crippen LogP contribution is -2.47. The van der Waals surface area contributed by atoms with E-state index in [-0.39, 0.29) is 32.4 Å². The highest BCUT2D eigenvalue weighted by molar-refractivity contribution is 5.70. The van der Waals surface area contributed by atoms with Gasteiger partial charge < -0.3 is 19.8 Å². The van der Waals surface area contributed by atoms with Gasteiger partial charge in [0.1, 0.15) is 0 Å². The molecule has 0 unspecified atom stereocenters. The lowest BCUT2D eigenvalue weighted by molar-refractivity contribution is -0.144. The Balaban J connectivity index is 2.47. The van der Waals surface area contributed by atoms with Gasteiger partial charge in [0.25, 0.3) is 0 Å². The molecular formula is C11H17NO5. The van der Waals surface area contributed by atoms with Gasteiger partial charge in [0.2, 0.25) is 0 Å². The van der Waals surface area contributed by atoms with Crippen LogP contribution in [0.3, 0.4) is 0 Å². The number of nitrogens with zero attached hydrogens (tertiary/aromatic N) is 1. The second-order valence-electron chi connectivity index (χ2n) is 4.35. The summed E-state index contributed by atoms with van der Waals surface area (Å²) in [6.45, 7) is 5.61. The second-order valence-corrected chi connectivity index (χ2v) is 4.35. The summed E-state index contributed by atoms with van der Waals surface area (Å²) in [5.41, 5.74) is -1.22. The van der Waals surface area contributed by atoms with Gasteiger partial charge >= 0.3 is 12.1 Å². The lowest BCUT2D eigenvalue weighted by Gasteiger charge is -2.36. The zero-order chi connectivity index (χ0) is 13.1. The van der Waals surface area contributed by atoms with Gasteiger partial charge in [-0.25, -0.2) is 4.79 Å². The normalized spacial score (nSPS) is 18.6. The molecule has 96 valence electrons. The van der Waals surface area contributed by atoms with Crippen LogP contribution in [0.4, 0.5) is 4.79 Å². The third kappa shape index (κ3) is 4.07. The molecule has 0 aromatic carbocycles. The van der Waals surface area contributed by atoms with E-state index in [1.165, 1.54) is 4.90 Å². The van der Waals surface area contributed by atoms with Crippen molar-refractivity contribution in [3.05, 3.63) is 12.3 Å². The molecule has 0 radical (unpaired) electrons. The molecule has 0 atom stereocenters. The van der Waals surface area contributed by atoms with Crippen molar-refractivity contribution in [2.45, 2.75) is 31.8 Å². The number of hydrogen-bond acceptors (Lipinski definition) is 4. The predicted molar refractivity (Wildman–Crippen MR) is 59.3 cm³/mol. The molecule has 6 heteroatoms. The van der Waals surface area contributed by atoms with Gasteiger partial charge in [0, 0.05) is 13.1 Å². The molecule has 1 amide bonds. The SMILES string of the molecule is C=C(C)OC(=O)N1CCC(O)(CC(=O)O)CC1. The van der Waals surface area contributed by atoms with E-state index in [0.717, 1.165) is 0 Å². The molecule has 0 spiro atoms. The summed E-state index contributed by atoms with van der Waals surface area (Å²) in [5.74, 6) is -0.730. The van der Waals surface area contributed by atoms with Crippen LogP contribution in [0.15, 0.2) is 12.3 Å². The zero-order valence-electron chi connectivity index (χ0n) is 9.81. The van der Waals surface area contributed by atoms with Crippen molar-refractivity contribution in [1.29, 1.82) is 0 Å². The molecule has 0 aliphatic carbocycles. The molecule has 0 aromatic rings. The average Bonchev–Trinajstić information content (AvgIpc) is 2.15. The van der Waals surface area contributed by atoms with E-state index in [4.69, 9.17) is 9.84 Å². The Morgan fingerprint density at radius 1 is 1.41 bits per heavy atom. The predicted octanol–water partition coefficient (Wildman–Crippen LogP) is 0.958. The minimum Gasteiger partial charge on any atom is -0.481 e. The van der Waals surface area contributed by atoms with Crippen molar-refractivity contribution in [2.75, 3.05) is 13.1 Å². The maximum Gasteiger partial charge on any atom is 0.414 e. The van der Waals surface area contributed by atoms with E-state index in [1.54, 1.807) is 6.92 Å². The van der Waals surface area contributed by atoms with E-state index >= 15 is 0 Å². The monoisotopic (exact) mass is 243 g/mol. The molecule has 0 bridgehead atoms. The molecule has 1 aliphatic heterocycles. The highest BCUT2D eigenvalue weighted by Crippen LogP contribution is 2.26. The topological polar surface area (TPSA) is 87.1 Å². The first kappa shape index (κ1) is 13.5. The summed E-state index contributed by atoms with van der Waals surface area (Å²) in [6, 6.07) is 0. The van der Waals surface area contributed by atoms with Gasteiger partial charge in [-0.05, 0) is 19.8 Å². The van der Waals surface area contributed by atoms with Gasteiger partial charge in [-0.15, -0.1) is 0 Å². The van der Waals surface area contributed by atoms with Crippen LogP contribution in [0.2, 0.25) is 0 Å². The Hall–Kier alpha value is -1.56. The molecule has 1 heterocycles. The van der Waals surface area contributed by atoms with Crippen LogP contribution in [0.25, 0.3) is 0 Å². The number of carboxylic acid groups (broad SMARTS) is 1. The average molecular weight is 243 g/mol. The molecule has 0 saturated carbocycles. The molecule has 0 aromatic heterocycles. The fraction of sp³-hybridized carbons (Fsp3) is 0.636. The minimum atomic E-state index is -1.22. The number of carbonyl (C=O) groups excluding carboxylic acids is 1. The van der Waals surface area contributed by atoms with Crippen LogP contribution in [0.1, 0.15) is 26.2 Å². The quantitative estimate of drug-likeness (QED) is 0.721. The lowest BCUT2D eigenvalue weighted by atomic mass is 9.88. The van der Waals surface area contributed by atoms with Crippen molar-refractivity contribution in [1.82, 2.24) is 4.90 Å². The van der Waals surface area contributed by atoms with Crippen molar-refractivity contribution >= 4 is 12.1 Å². The Morgan fingerprint density at radius 2 is 1.94 bits per heavy atom. The Kier molecular flexibility index (Phi) is 4.11. The number of amides is 1. The second kappa shape index (κ2) is 5.18. The van der Waals surface area contributed by atoms with Gasteiger partial charge in [-0.2, -0.15) is 0 Å². The highest BCUT2D eigenvalue weighted by Gasteiger charge is 2.36. The Labute approximate surface area is 99.5 Å². The summed E-state index contributed by atoms with van der Waals surface area (Å²) < 4.78 is 4.83. The molecule has 6 nitrogen and oxygen atoms in total. The molecule has 1 fully saturated rings. The molecule has 1 rings (SSSR count). The highest BCUT2D eigenvalue weighted by atomic mass is 16.6. The number of carbonyl (C=O) groups is 2. The van der Waals surface area contributed by atoms with E-state index in [2.05, 4.69) is 6.58 Å². The third-order valence-corrected chi connectivity index (χ3v) is 2.69. The third-order valence-electron chi connectivity index (χ3n) is 2.69. The molecule has 2 N–H and O–H groups in total. The van der Waals surface area contributed by atoms with Crippen LogP contribution in [-0.4, -0.2) is 45.9 Å². The Bertz CT molecular complexity index is 331. The number of ether oxygens (including phenoxy) is 1. The van der Waals surface area contributed by atoms with E-state index in [9.17, 15) is 14.7 Å². The van der Waals surface area contributed by atoms with Crippen LogP contribution < -0.4 is 0 Å². The number of hydrogen-bond donors (Lipinski definition) is 2. The zero-order valence-corrected chi connectivity index (χ0v) is 9.81. The molecule has 1 aliphatic rings. The maximum absolute atomic E-state index is 11.5. The number of rotatable bonds is 3. The van der Waals surface area contributed by atoms with Crippen LogP contribution in [0.5, 0.6) is 0 Å². The van der Waals surface area contributed by atoms with Gasteiger partial charge in [0.05, 0.1) is 17.8 Å². The summed E-state index contributed by atoms with van der Waals surface area (Å²) in [6.07, 6.45) is -0.319. The van der Waals surface area contributed by atoms with Crippen molar-refractivity contribution in [3.8, 4) is 0 Å². The minimum absolute atomic E-state index is 0.241. The fourth-order valence-electron chi connectivity index (χ4n) is 1.78. The Morgan fingerprint density at radius 3 is 2.35 bits per heavy atom. The van der Waals surface area contributed by atoms with Crippen LogP contribution >= 0.6 is 0 Å². The van der Waals surface area contributed by atoms with E-state index < -0.39 is 17.7 Å². The first-order valence-electron chi connectivity index (χ1n) is 5.39.